The van der Waals surface area contributed by atoms with Crippen LogP contribution in [0.2, 0.25) is 0 Å². The molecule has 6 nitrogen and oxygen atoms in total. The van der Waals surface area contributed by atoms with Gasteiger partial charge in [-0.15, -0.1) is 5.10 Å². The summed E-state index contributed by atoms with van der Waals surface area (Å²) in [4.78, 5) is 24.3. The summed E-state index contributed by atoms with van der Waals surface area (Å²) in [7, 11) is 0. The highest BCUT2D eigenvalue weighted by atomic mass is 79.9. The number of esters is 1. The van der Waals surface area contributed by atoms with Crippen molar-refractivity contribution in [1.29, 1.82) is 0 Å². The summed E-state index contributed by atoms with van der Waals surface area (Å²) in [6.45, 7) is 1.44. The fourth-order valence-electron chi connectivity index (χ4n) is 2.97. The third kappa shape index (κ3) is 4.26. The van der Waals surface area contributed by atoms with Gasteiger partial charge in [0.25, 0.3) is 0 Å². The molecule has 1 aliphatic heterocycles. The van der Waals surface area contributed by atoms with E-state index in [-0.39, 0.29) is 5.91 Å². The lowest BCUT2D eigenvalue weighted by atomic mass is 10.2. The van der Waals surface area contributed by atoms with Crippen LogP contribution in [0.15, 0.2) is 88.4 Å². The van der Waals surface area contributed by atoms with E-state index >= 15 is 0 Å². The molecule has 150 valence electrons. The molecule has 1 amide bonds. The number of amides is 1. The van der Waals surface area contributed by atoms with Gasteiger partial charge in [-0.25, -0.2) is 4.79 Å². The summed E-state index contributed by atoms with van der Waals surface area (Å²) in [5, 5.41) is 5.64. The van der Waals surface area contributed by atoms with Crippen LogP contribution >= 0.6 is 15.9 Å². The van der Waals surface area contributed by atoms with E-state index in [0.29, 0.717) is 22.8 Å². The Bertz CT molecular complexity index is 1110. The smallest absolute Gasteiger partial charge is 0.343 e. The van der Waals surface area contributed by atoms with Crippen LogP contribution < -0.4 is 4.74 Å². The van der Waals surface area contributed by atoms with Crippen molar-refractivity contribution in [2.45, 2.75) is 13.2 Å². The van der Waals surface area contributed by atoms with Crippen LogP contribution in [0.1, 0.15) is 34.6 Å². The van der Waals surface area contributed by atoms with Crippen LogP contribution in [0, 0.1) is 0 Å². The number of nitrogens with zero attached hydrogens (tertiary/aromatic N) is 2. The molecule has 30 heavy (non-hydrogen) atoms. The van der Waals surface area contributed by atoms with Crippen LogP contribution in [0.4, 0.5) is 0 Å². The summed E-state index contributed by atoms with van der Waals surface area (Å²) in [5.41, 5.74) is 1.93. The van der Waals surface area contributed by atoms with E-state index in [1.54, 1.807) is 48.5 Å². The number of carbonyl (C=O) groups is 2. The first kappa shape index (κ1) is 19.8. The molecule has 0 N–H and O–H groups in total. The van der Waals surface area contributed by atoms with E-state index in [2.05, 4.69) is 21.0 Å². The van der Waals surface area contributed by atoms with Crippen LogP contribution in [-0.2, 0) is 9.53 Å². The van der Waals surface area contributed by atoms with Gasteiger partial charge in [-0.3, -0.25) is 4.79 Å². The molecular formula is C23H17BrN2O4. The molecule has 1 atom stereocenters. The summed E-state index contributed by atoms with van der Waals surface area (Å²) in [5.74, 6) is 0.0490. The van der Waals surface area contributed by atoms with Gasteiger partial charge in [0.1, 0.15) is 5.75 Å². The number of halogens is 1. The minimum atomic E-state index is -0.648. The van der Waals surface area contributed by atoms with Crippen LogP contribution in [0.25, 0.3) is 0 Å². The van der Waals surface area contributed by atoms with Crippen molar-refractivity contribution in [2.24, 2.45) is 5.10 Å². The lowest BCUT2D eigenvalue weighted by molar-refractivity contribution is -0.135. The van der Waals surface area contributed by atoms with Gasteiger partial charge in [-0.2, -0.15) is 5.01 Å². The number of hydrogen-bond acceptors (Lipinski definition) is 5. The summed E-state index contributed by atoms with van der Waals surface area (Å²) in [6, 6.07) is 23.1. The van der Waals surface area contributed by atoms with E-state index in [9.17, 15) is 9.59 Å². The number of rotatable bonds is 4. The second kappa shape index (κ2) is 8.51. The van der Waals surface area contributed by atoms with Crippen LogP contribution in [0.5, 0.6) is 5.75 Å². The Kier molecular flexibility index (Phi) is 5.63. The molecule has 0 saturated carbocycles. The highest BCUT2D eigenvalue weighted by molar-refractivity contribution is 9.10. The standard InChI is InChI=1S/C23H17BrN2O4/c1-15(27)26-22(18-8-5-9-19(24)14-18)30-21(25-26)16-10-12-20(13-11-16)29-23(28)17-6-3-2-4-7-17/h2-14,22H,1H3/t22-/m1/s1. The lowest BCUT2D eigenvalue weighted by Gasteiger charge is -2.19. The van der Waals surface area contributed by atoms with E-state index < -0.39 is 12.2 Å². The molecule has 0 fully saturated rings. The summed E-state index contributed by atoms with van der Waals surface area (Å²) in [6.07, 6.45) is -0.648. The molecule has 0 spiro atoms. The zero-order valence-corrected chi connectivity index (χ0v) is 17.6. The van der Waals surface area contributed by atoms with Crippen molar-refractivity contribution < 1.29 is 19.1 Å². The Balaban J connectivity index is 1.52. The Morgan fingerprint density at radius 2 is 1.73 bits per heavy atom. The molecule has 3 aromatic carbocycles. The second-order valence-electron chi connectivity index (χ2n) is 6.57. The van der Waals surface area contributed by atoms with E-state index in [0.717, 1.165) is 10.0 Å². The Hall–Kier alpha value is -3.45. The summed E-state index contributed by atoms with van der Waals surface area (Å²) < 4.78 is 12.3. The number of carbonyl (C=O) groups excluding carboxylic acids is 2. The van der Waals surface area contributed by atoms with E-state index in [1.807, 2.05) is 30.3 Å². The molecule has 0 aromatic heterocycles. The van der Waals surface area contributed by atoms with Crippen molar-refractivity contribution >= 4 is 33.7 Å². The van der Waals surface area contributed by atoms with Gasteiger partial charge >= 0.3 is 5.97 Å². The normalized spacial score (nSPS) is 15.3. The first-order valence-corrected chi connectivity index (χ1v) is 9.99. The maximum Gasteiger partial charge on any atom is 0.343 e. The average Bonchev–Trinajstić information content (AvgIpc) is 3.21. The Labute approximate surface area is 181 Å². The Morgan fingerprint density at radius 3 is 2.40 bits per heavy atom. The largest absolute Gasteiger partial charge is 0.446 e. The van der Waals surface area contributed by atoms with Gasteiger partial charge in [0, 0.05) is 22.5 Å². The number of hydrogen-bond donors (Lipinski definition) is 0. The number of hydrazone groups is 1. The van der Waals surface area contributed by atoms with Gasteiger partial charge in [0.05, 0.1) is 5.56 Å². The maximum atomic E-state index is 12.2. The molecular weight excluding hydrogens is 448 g/mol. The van der Waals surface area contributed by atoms with Gasteiger partial charge in [0.15, 0.2) is 0 Å². The third-order valence-corrected chi connectivity index (χ3v) is 4.91. The van der Waals surface area contributed by atoms with Gasteiger partial charge < -0.3 is 9.47 Å². The first-order chi connectivity index (χ1) is 14.5. The molecule has 0 bridgehead atoms. The highest BCUT2D eigenvalue weighted by Gasteiger charge is 2.33. The lowest BCUT2D eigenvalue weighted by Crippen LogP contribution is -2.25. The maximum absolute atomic E-state index is 12.2. The van der Waals surface area contributed by atoms with Gasteiger partial charge in [-0.05, 0) is 48.5 Å². The zero-order chi connectivity index (χ0) is 21.1. The minimum Gasteiger partial charge on any atom is -0.446 e. The van der Waals surface area contributed by atoms with Crippen molar-refractivity contribution in [3.05, 3.63) is 100 Å². The molecule has 7 heteroatoms. The molecule has 3 aromatic rings. The zero-order valence-electron chi connectivity index (χ0n) is 16.0. The molecule has 0 unspecified atom stereocenters. The van der Waals surface area contributed by atoms with Crippen molar-refractivity contribution in [1.82, 2.24) is 5.01 Å². The summed E-state index contributed by atoms with van der Waals surface area (Å²) >= 11 is 3.43. The predicted molar refractivity (Wildman–Crippen MR) is 115 cm³/mol. The number of ether oxygens (including phenoxy) is 2. The monoisotopic (exact) mass is 464 g/mol. The van der Waals surface area contributed by atoms with E-state index in [4.69, 9.17) is 9.47 Å². The topological polar surface area (TPSA) is 68.2 Å². The molecule has 0 aliphatic carbocycles. The Morgan fingerprint density at radius 1 is 1.00 bits per heavy atom. The van der Waals surface area contributed by atoms with Crippen molar-refractivity contribution in [3.8, 4) is 5.75 Å². The average molecular weight is 465 g/mol. The fraction of sp³-hybridized carbons (Fsp3) is 0.0870. The van der Waals surface area contributed by atoms with E-state index in [1.165, 1.54) is 11.9 Å². The van der Waals surface area contributed by atoms with Crippen LogP contribution in [0.3, 0.4) is 0 Å². The van der Waals surface area contributed by atoms with Crippen molar-refractivity contribution in [2.75, 3.05) is 0 Å². The third-order valence-electron chi connectivity index (χ3n) is 4.42. The fourth-order valence-corrected chi connectivity index (χ4v) is 3.38. The van der Waals surface area contributed by atoms with Gasteiger partial charge in [-0.1, -0.05) is 46.3 Å². The molecule has 1 aliphatic rings. The van der Waals surface area contributed by atoms with Crippen LogP contribution in [-0.4, -0.2) is 22.8 Å². The second-order valence-corrected chi connectivity index (χ2v) is 7.49. The van der Waals surface area contributed by atoms with Gasteiger partial charge in [0.2, 0.25) is 18.0 Å². The predicted octanol–water partition coefficient (Wildman–Crippen LogP) is 4.91. The molecule has 0 radical (unpaired) electrons. The molecule has 0 saturated heterocycles. The molecule has 1 heterocycles. The minimum absolute atomic E-state index is 0.233. The van der Waals surface area contributed by atoms with Crippen molar-refractivity contribution in [3.63, 3.8) is 0 Å². The number of benzene rings is 3. The first-order valence-electron chi connectivity index (χ1n) is 9.19. The molecule has 4 rings (SSSR count). The highest BCUT2D eigenvalue weighted by Crippen LogP contribution is 2.31. The quantitative estimate of drug-likeness (QED) is 0.406. The SMILES string of the molecule is CC(=O)N1N=C(c2ccc(OC(=O)c3ccccc3)cc2)O[C@@H]1c1cccc(Br)c1.